The molecule has 1 aliphatic rings. The predicted octanol–water partition coefficient (Wildman–Crippen LogP) is 2.80. The summed E-state index contributed by atoms with van der Waals surface area (Å²) in [6.07, 6.45) is 0.787. The number of likely N-dealkylation sites (N-methyl/N-ethyl adjacent to an activating group) is 1. The summed E-state index contributed by atoms with van der Waals surface area (Å²) in [6, 6.07) is 5.50. The normalized spacial score (nSPS) is 19.3. The lowest BCUT2D eigenvalue weighted by Crippen LogP contribution is -2.59. The van der Waals surface area contributed by atoms with Crippen molar-refractivity contribution in [2.45, 2.75) is 39.7 Å². The van der Waals surface area contributed by atoms with E-state index in [1.165, 1.54) is 23.2 Å². The van der Waals surface area contributed by atoms with E-state index in [0.29, 0.717) is 22.5 Å². The van der Waals surface area contributed by atoms with Crippen molar-refractivity contribution < 1.29 is 14.3 Å². The van der Waals surface area contributed by atoms with E-state index >= 15 is 0 Å². The number of nitrogens with one attached hydrogen (secondary N) is 1. The molecule has 2 amide bonds. The number of ether oxygens (including phenoxy) is 1. The van der Waals surface area contributed by atoms with Crippen LogP contribution >= 0.6 is 11.3 Å². The first-order valence-electron chi connectivity index (χ1n) is 8.42. The lowest BCUT2D eigenvalue weighted by atomic mass is 10.00. The highest BCUT2D eigenvalue weighted by atomic mass is 32.1. The number of anilines is 2. The minimum atomic E-state index is -1.67. The summed E-state index contributed by atoms with van der Waals surface area (Å²) in [6.45, 7) is 7.58. The van der Waals surface area contributed by atoms with Gasteiger partial charge in [-0.25, -0.2) is 0 Å². The van der Waals surface area contributed by atoms with Gasteiger partial charge in [0.15, 0.2) is 0 Å². The van der Waals surface area contributed by atoms with Crippen LogP contribution in [0, 0.1) is 12.8 Å². The number of carbonyl (C=O) groups is 2. The number of nitrogens with zero attached hydrogens (tertiary/aromatic N) is 3. The zero-order valence-electron chi connectivity index (χ0n) is 15.5. The number of carbonyl (C=O) groups excluding carboxylic acids is 2. The summed E-state index contributed by atoms with van der Waals surface area (Å²) in [5, 5.41) is 11.9. The number of hydrogen-bond acceptors (Lipinski definition) is 6. The molecule has 26 heavy (non-hydrogen) atoms. The van der Waals surface area contributed by atoms with Crippen LogP contribution in [0.4, 0.5) is 10.8 Å². The molecule has 0 radical (unpaired) electrons. The Labute approximate surface area is 156 Å². The highest BCUT2D eigenvalue weighted by molar-refractivity contribution is 7.15. The highest BCUT2D eigenvalue weighted by Gasteiger charge is 2.50. The number of rotatable bonds is 4. The van der Waals surface area contributed by atoms with Gasteiger partial charge in [-0.2, -0.15) is 0 Å². The Bertz CT molecular complexity index is 864. The van der Waals surface area contributed by atoms with Crippen molar-refractivity contribution >= 4 is 34.0 Å². The van der Waals surface area contributed by atoms with Crippen LogP contribution in [0.3, 0.4) is 0 Å². The largest absolute Gasteiger partial charge is 0.465 e. The van der Waals surface area contributed by atoms with Crippen LogP contribution in [0.15, 0.2) is 18.2 Å². The molecule has 1 aliphatic heterocycles. The van der Waals surface area contributed by atoms with Gasteiger partial charge in [-0.15, -0.1) is 10.2 Å². The molecule has 1 atom stereocenters. The van der Waals surface area contributed by atoms with Gasteiger partial charge in [-0.1, -0.05) is 31.3 Å². The molecule has 1 unspecified atom stereocenters. The molecule has 0 saturated carbocycles. The average molecular weight is 374 g/mol. The molecule has 0 aliphatic carbocycles. The lowest BCUT2D eigenvalue weighted by molar-refractivity contribution is -0.144. The molecule has 8 heteroatoms. The fourth-order valence-corrected chi connectivity index (χ4v) is 3.71. The SMILES string of the molecule is Cc1ccc2c(c1)N(C)C(=O)C(C)(C(=O)Nc1nnc(CC(C)C)s1)O2. The zero-order valence-corrected chi connectivity index (χ0v) is 16.3. The topological polar surface area (TPSA) is 84.4 Å². The van der Waals surface area contributed by atoms with E-state index in [2.05, 4.69) is 29.4 Å². The number of aryl methyl sites for hydroxylation is 1. The molecule has 1 N–H and O–H groups in total. The quantitative estimate of drug-likeness (QED) is 0.832. The third-order valence-corrected chi connectivity index (χ3v) is 5.07. The van der Waals surface area contributed by atoms with E-state index in [1.54, 1.807) is 13.1 Å². The number of amides is 2. The van der Waals surface area contributed by atoms with Crippen LogP contribution in [-0.2, 0) is 16.0 Å². The second-order valence-corrected chi connectivity index (χ2v) is 8.09. The molecule has 3 rings (SSSR count). The van der Waals surface area contributed by atoms with Gasteiger partial charge in [0.25, 0.3) is 17.4 Å². The third kappa shape index (κ3) is 3.29. The van der Waals surface area contributed by atoms with Crippen molar-refractivity contribution in [1.29, 1.82) is 0 Å². The summed E-state index contributed by atoms with van der Waals surface area (Å²) < 4.78 is 5.82. The Kier molecular flexibility index (Phi) is 4.70. The third-order valence-electron chi connectivity index (χ3n) is 4.21. The van der Waals surface area contributed by atoms with Gasteiger partial charge >= 0.3 is 0 Å². The minimum Gasteiger partial charge on any atom is -0.465 e. The molecule has 2 aromatic rings. The second kappa shape index (κ2) is 6.68. The standard InChI is InChI=1S/C18H22N4O3S/c1-10(2)8-14-20-21-17(26-14)19-15(23)18(4)16(24)22(5)12-9-11(3)6-7-13(12)25-18/h6-7,9-10H,8H2,1-5H3,(H,19,21,23). The Hall–Kier alpha value is -2.48. The van der Waals surface area contributed by atoms with Crippen LogP contribution in [0.25, 0.3) is 0 Å². The first-order chi connectivity index (χ1) is 12.2. The van der Waals surface area contributed by atoms with Gasteiger partial charge in [0.05, 0.1) is 5.69 Å². The Morgan fingerprint density at radius 1 is 1.38 bits per heavy atom. The predicted molar refractivity (Wildman–Crippen MR) is 101 cm³/mol. The average Bonchev–Trinajstić information content (AvgIpc) is 3.00. The van der Waals surface area contributed by atoms with E-state index in [9.17, 15) is 9.59 Å². The van der Waals surface area contributed by atoms with Crippen LogP contribution < -0.4 is 15.0 Å². The van der Waals surface area contributed by atoms with Crippen LogP contribution in [0.1, 0.15) is 31.3 Å². The van der Waals surface area contributed by atoms with Gasteiger partial charge in [-0.3, -0.25) is 14.9 Å². The summed E-state index contributed by atoms with van der Waals surface area (Å²) in [5.74, 6) is -0.0539. The summed E-state index contributed by atoms with van der Waals surface area (Å²) in [5.41, 5.74) is -0.0111. The van der Waals surface area contributed by atoms with Crippen molar-refractivity contribution in [1.82, 2.24) is 10.2 Å². The molecule has 2 heterocycles. The molecule has 0 bridgehead atoms. The Morgan fingerprint density at radius 3 is 2.81 bits per heavy atom. The van der Waals surface area contributed by atoms with Gasteiger partial charge in [0.2, 0.25) is 5.13 Å². The van der Waals surface area contributed by atoms with Gasteiger partial charge in [-0.05, 0) is 37.5 Å². The molecule has 138 valence electrons. The van der Waals surface area contributed by atoms with Crippen molar-refractivity contribution in [3.8, 4) is 5.75 Å². The van der Waals surface area contributed by atoms with Gasteiger partial charge < -0.3 is 9.64 Å². The molecule has 0 spiro atoms. The maximum atomic E-state index is 12.8. The maximum Gasteiger partial charge on any atom is 0.280 e. The minimum absolute atomic E-state index is 0.362. The summed E-state index contributed by atoms with van der Waals surface area (Å²) in [7, 11) is 1.64. The van der Waals surface area contributed by atoms with E-state index in [4.69, 9.17) is 4.74 Å². The first kappa shape index (κ1) is 18.3. The molecule has 1 aromatic carbocycles. The van der Waals surface area contributed by atoms with E-state index < -0.39 is 17.4 Å². The molecule has 0 saturated heterocycles. The Balaban J connectivity index is 1.83. The van der Waals surface area contributed by atoms with E-state index in [-0.39, 0.29) is 0 Å². The van der Waals surface area contributed by atoms with Crippen LogP contribution in [0.5, 0.6) is 5.75 Å². The van der Waals surface area contributed by atoms with Crippen molar-refractivity contribution in [3.05, 3.63) is 28.8 Å². The molecular formula is C18H22N4O3S. The summed E-state index contributed by atoms with van der Waals surface area (Å²) in [4.78, 5) is 27.1. The fraction of sp³-hybridized carbons (Fsp3) is 0.444. The van der Waals surface area contributed by atoms with E-state index in [1.807, 2.05) is 19.1 Å². The molecule has 7 nitrogen and oxygen atoms in total. The number of benzene rings is 1. The van der Waals surface area contributed by atoms with Crippen molar-refractivity contribution in [2.24, 2.45) is 5.92 Å². The first-order valence-corrected chi connectivity index (χ1v) is 9.24. The lowest BCUT2D eigenvalue weighted by Gasteiger charge is -2.37. The zero-order chi connectivity index (χ0) is 19.1. The monoisotopic (exact) mass is 374 g/mol. The smallest absolute Gasteiger partial charge is 0.280 e. The highest BCUT2D eigenvalue weighted by Crippen LogP contribution is 2.38. The molecular weight excluding hydrogens is 352 g/mol. The summed E-state index contributed by atoms with van der Waals surface area (Å²) >= 11 is 1.31. The molecule has 0 fully saturated rings. The van der Waals surface area contributed by atoms with Gasteiger partial charge in [0.1, 0.15) is 10.8 Å². The van der Waals surface area contributed by atoms with Crippen LogP contribution in [-0.4, -0.2) is 34.7 Å². The second-order valence-electron chi connectivity index (χ2n) is 7.02. The van der Waals surface area contributed by atoms with Crippen molar-refractivity contribution in [3.63, 3.8) is 0 Å². The number of fused-ring (bicyclic) bond motifs is 1. The maximum absolute atomic E-state index is 12.8. The molecule has 1 aromatic heterocycles. The Morgan fingerprint density at radius 2 is 2.12 bits per heavy atom. The number of aromatic nitrogens is 2. The van der Waals surface area contributed by atoms with E-state index in [0.717, 1.165) is 17.0 Å². The van der Waals surface area contributed by atoms with Crippen molar-refractivity contribution in [2.75, 3.05) is 17.3 Å². The fourth-order valence-electron chi connectivity index (χ4n) is 2.76. The van der Waals surface area contributed by atoms with Crippen LogP contribution in [0.2, 0.25) is 0 Å². The number of hydrogen-bond donors (Lipinski definition) is 1. The van der Waals surface area contributed by atoms with Gasteiger partial charge in [0, 0.05) is 13.5 Å².